The number of hydrogen-bond donors (Lipinski definition) is 3. The summed E-state index contributed by atoms with van der Waals surface area (Å²) in [6.45, 7) is -0.0946. The van der Waals surface area contributed by atoms with Crippen LogP contribution in [-0.4, -0.2) is 42.5 Å². The molecule has 0 aliphatic heterocycles. The number of rotatable bonds is 5. The lowest BCUT2D eigenvalue weighted by Crippen LogP contribution is -2.42. The molecule has 3 N–H and O–H groups in total. The van der Waals surface area contributed by atoms with Gasteiger partial charge in [-0.1, -0.05) is 12.8 Å². The van der Waals surface area contributed by atoms with Crippen molar-refractivity contribution in [2.45, 2.75) is 31.3 Å². The minimum Gasteiger partial charge on any atom is -0.480 e. The molecule has 0 aromatic heterocycles. The second kappa shape index (κ2) is 4.46. The van der Waals surface area contributed by atoms with Crippen molar-refractivity contribution in [2.75, 3.05) is 12.3 Å². The molecule has 1 rings (SSSR count). The predicted octanol–water partition coefficient (Wildman–Crippen LogP) is -0.704. The van der Waals surface area contributed by atoms with Gasteiger partial charge in [0.1, 0.15) is 0 Å². The average Bonchev–Trinajstić information content (AvgIpc) is 2.48. The summed E-state index contributed by atoms with van der Waals surface area (Å²) >= 11 is 0. The van der Waals surface area contributed by atoms with Crippen molar-refractivity contribution in [3.05, 3.63) is 0 Å². The van der Waals surface area contributed by atoms with Gasteiger partial charge in [-0.25, -0.2) is 13.1 Å². The molecule has 0 heterocycles. The van der Waals surface area contributed by atoms with Crippen molar-refractivity contribution >= 4 is 16.0 Å². The Hall–Kier alpha value is -0.660. The molecular formula is C8H15NO5S. The van der Waals surface area contributed by atoms with Crippen LogP contribution >= 0.6 is 0 Å². The largest absolute Gasteiger partial charge is 0.480 e. The summed E-state index contributed by atoms with van der Waals surface area (Å²) in [5.41, 5.74) is -0.994. The van der Waals surface area contributed by atoms with E-state index in [9.17, 15) is 18.3 Å². The normalized spacial score (nSPS) is 20.3. The molecule has 7 heteroatoms. The Bertz CT molecular complexity index is 331. The molecular weight excluding hydrogens is 222 g/mol. The van der Waals surface area contributed by atoms with Gasteiger partial charge in [0.2, 0.25) is 10.0 Å². The third-order valence-corrected chi connectivity index (χ3v) is 3.68. The fourth-order valence-corrected chi connectivity index (χ4v) is 2.58. The molecule has 0 saturated heterocycles. The molecule has 0 unspecified atom stereocenters. The Morgan fingerprint density at radius 3 is 2.33 bits per heavy atom. The molecule has 1 saturated carbocycles. The Morgan fingerprint density at radius 1 is 1.33 bits per heavy atom. The van der Waals surface area contributed by atoms with Gasteiger partial charge in [0.05, 0.1) is 5.60 Å². The van der Waals surface area contributed by atoms with E-state index in [1.165, 1.54) is 0 Å². The van der Waals surface area contributed by atoms with Crippen LogP contribution in [-0.2, 0) is 14.8 Å². The predicted molar refractivity (Wildman–Crippen MR) is 52.8 cm³/mol. The van der Waals surface area contributed by atoms with Gasteiger partial charge in [-0.3, -0.25) is 4.79 Å². The minimum absolute atomic E-state index is 0.0946. The molecule has 6 nitrogen and oxygen atoms in total. The number of carboxylic acid groups (broad SMARTS) is 1. The number of carboxylic acids is 1. The van der Waals surface area contributed by atoms with Gasteiger partial charge >= 0.3 is 5.97 Å². The third kappa shape index (κ3) is 4.15. The lowest BCUT2D eigenvalue weighted by molar-refractivity contribution is -0.134. The number of nitrogens with one attached hydrogen (secondary N) is 1. The lowest BCUT2D eigenvalue weighted by atomic mass is 10.0. The Labute approximate surface area is 88.3 Å². The molecule has 1 aliphatic carbocycles. The zero-order valence-electron chi connectivity index (χ0n) is 8.27. The van der Waals surface area contributed by atoms with Crippen molar-refractivity contribution in [1.29, 1.82) is 0 Å². The molecule has 0 amide bonds. The van der Waals surface area contributed by atoms with Crippen molar-refractivity contribution < 1.29 is 23.4 Å². The van der Waals surface area contributed by atoms with Gasteiger partial charge in [-0.2, -0.15) is 0 Å². The Kier molecular flexibility index (Phi) is 3.69. The highest BCUT2D eigenvalue weighted by Crippen LogP contribution is 2.28. The number of sulfonamides is 1. The van der Waals surface area contributed by atoms with Crippen LogP contribution in [0.25, 0.3) is 0 Å². The van der Waals surface area contributed by atoms with E-state index in [0.717, 1.165) is 12.8 Å². The summed E-state index contributed by atoms with van der Waals surface area (Å²) in [6.07, 6.45) is 2.86. The maximum atomic E-state index is 11.1. The number of carbonyl (C=O) groups is 1. The van der Waals surface area contributed by atoms with Crippen LogP contribution in [0.15, 0.2) is 0 Å². The summed E-state index contributed by atoms with van der Waals surface area (Å²) in [5.74, 6) is -2.36. The summed E-state index contributed by atoms with van der Waals surface area (Å²) in [6, 6.07) is 0. The second-order valence-electron chi connectivity index (χ2n) is 3.91. The van der Waals surface area contributed by atoms with Crippen LogP contribution in [0, 0.1) is 0 Å². The monoisotopic (exact) mass is 237 g/mol. The van der Waals surface area contributed by atoms with E-state index in [2.05, 4.69) is 4.72 Å². The van der Waals surface area contributed by atoms with Crippen LogP contribution in [0.4, 0.5) is 0 Å². The van der Waals surface area contributed by atoms with Gasteiger partial charge in [0.15, 0.2) is 5.75 Å². The zero-order valence-corrected chi connectivity index (χ0v) is 9.09. The maximum Gasteiger partial charge on any atom is 0.320 e. The average molecular weight is 237 g/mol. The van der Waals surface area contributed by atoms with E-state index in [4.69, 9.17) is 5.11 Å². The summed E-state index contributed by atoms with van der Waals surface area (Å²) < 4.78 is 24.4. The van der Waals surface area contributed by atoms with E-state index in [1.54, 1.807) is 0 Å². The van der Waals surface area contributed by atoms with Crippen LogP contribution in [0.3, 0.4) is 0 Å². The minimum atomic E-state index is -3.82. The summed E-state index contributed by atoms with van der Waals surface area (Å²) in [5, 5.41) is 18.1. The molecule has 0 spiro atoms. The van der Waals surface area contributed by atoms with E-state index in [-0.39, 0.29) is 6.54 Å². The van der Waals surface area contributed by atoms with Crippen LogP contribution < -0.4 is 4.72 Å². The van der Waals surface area contributed by atoms with Crippen molar-refractivity contribution in [1.82, 2.24) is 4.72 Å². The van der Waals surface area contributed by atoms with Crippen LogP contribution in [0.2, 0.25) is 0 Å². The first kappa shape index (κ1) is 12.4. The van der Waals surface area contributed by atoms with E-state index < -0.39 is 27.3 Å². The smallest absolute Gasteiger partial charge is 0.320 e. The first-order valence-electron chi connectivity index (χ1n) is 4.75. The highest BCUT2D eigenvalue weighted by atomic mass is 32.2. The standard InChI is InChI=1S/C8H15NO5S/c10-7(11)5-15(13,14)9-6-8(12)3-1-2-4-8/h9,12H,1-6H2,(H,10,11). The zero-order chi connectivity index (χ0) is 11.5. The SMILES string of the molecule is O=C(O)CS(=O)(=O)NCC1(O)CCCC1. The molecule has 88 valence electrons. The van der Waals surface area contributed by atoms with Gasteiger partial charge in [0, 0.05) is 6.54 Å². The molecule has 15 heavy (non-hydrogen) atoms. The topological polar surface area (TPSA) is 104 Å². The molecule has 1 fully saturated rings. The third-order valence-electron chi connectivity index (χ3n) is 2.47. The molecule has 0 aromatic carbocycles. The maximum absolute atomic E-state index is 11.1. The highest BCUT2D eigenvalue weighted by Gasteiger charge is 2.32. The van der Waals surface area contributed by atoms with Gasteiger partial charge in [-0.15, -0.1) is 0 Å². The molecule has 0 bridgehead atoms. The quantitative estimate of drug-likeness (QED) is 0.586. The second-order valence-corrected chi connectivity index (χ2v) is 5.71. The summed E-state index contributed by atoms with van der Waals surface area (Å²) in [4.78, 5) is 10.2. The Balaban J connectivity index is 2.45. The van der Waals surface area contributed by atoms with Crippen molar-refractivity contribution in [3.8, 4) is 0 Å². The van der Waals surface area contributed by atoms with Crippen molar-refractivity contribution in [2.24, 2.45) is 0 Å². The highest BCUT2D eigenvalue weighted by molar-refractivity contribution is 7.90. The molecule has 1 aliphatic rings. The fraction of sp³-hybridized carbons (Fsp3) is 0.875. The molecule has 0 aromatic rings. The molecule has 0 atom stereocenters. The van der Waals surface area contributed by atoms with Crippen LogP contribution in [0.5, 0.6) is 0 Å². The van der Waals surface area contributed by atoms with E-state index in [0.29, 0.717) is 12.8 Å². The van der Waals surface area contributed by atoms with E-state index in [1.807, 2.05) is 0 Å². The summed E-state index contributed by atoms with van der Waals surface area (Å²) in [7, 11) is -3.82. The number of hydrogen-bond acceptors (Lipinski definition) is 4. The first-order chi connectivity index (χ1) is 6.83. The van der Waals surface area contributed by atoms with Gasteiger partial charge in [0.25, 0.3) is 0 Å². The van der Waals surface area contributed by atoms with E-state index >= 15 is 0 Å². The fourth-order valence-electron chi connectivity index (χ4n) is 1.67. The van der Waals surface area contributed by atoms with Crippen LogP contribution in [0.1, 0.15) is 25.7 Å². The number of aliphatic hydroxyl groups is 1. The van der Waals surface area contributed by atoms with Crippen molar-refractivity contribution in [3.63, 3.8) is 0 Å². The Morgan fingerprint density at radius 2 is 1.87 bits per heavy atom. The lowest BCUT2D eigenvalue weighted by Gasteiger charge is -2.21. The number of aliphatic carboxylic acids is 1. The van der Waals surface area contributed by atoms with Gasteiger partial charge < -0.3 is 10.2 Å². The molecule has 0 radical (unpaired) electrons. The first-order valence-corrected chi connectivity index (χ1v) is 6.40. The van der Waals surface area contributed by atoms with Gasteiger partial charge in [-0.05, 0) is 12.8 Å².